The van der Waals surface area contributed by atoms with Crippen LogP contribution >= 0.6 is 0 Å². The third-order valence-electron chi connectivity index (χ3n) is 1.90. The summed E-state index contributed by atoms with van der Waals surface area (Å²) in [6.07, 6.45) is 0.220. The number of para-hydroxylation sites is 1. The van der Waals surface area contributed by atoms with Crippen LogP contribution in [0, 0.1) is 0 Å². The molecule has 0 aliphatic rings. The summed E-state index contributed by atoms with van der Waals surface area (Å²) >= 11 is 0. The first-order valence-electron chi connectivity index (χ1n) is 5.20. The van der Waals surface area contributed by atoms with Gasteiger partial charge in [0.15, 0.2) is 0 Å². The lowest BCUT2D eigenvalue weighted by atomic mass is 10.1. The van der Waals surface area contributed by atoms with Crippen molar-refractivity contribution in [1.29, 1.82) is 0 Å². The van der Waals surface area contributed by atoms with Crippen LogP contribution in [0.5, 0.6) is 5.75 Å². The minimum atomic E-state index is -0.250. The van der Waals surface area contributed by atoms with Crippen molar-refractivity contribution in [3.63, 3.8) is 0 Å². The van der Waals surface area contributed by atoms with Gasteiger partial charge >= 0.3 is 5.97 Å². The maximum Gasteiger partial charge on any atom is 0.310 e. The van der Waals surface area contributed by atoms with Gasteiger partial charge in [0.1, 0.15) is 5.75 Å². The van der Waals surface area contributed by atoms with Crippen LogP contribution in [0.2, 0.25) is 0 Å². The fourth-order valence-corrected chi connectivity index (χ4v) is 1.30. The molecule has 3 nitrogen and oxygen atoms in total. The van der Waals surface area contributed by atoms with Gasteiger partial charge in [0, 0.05) is 5.56 Å². The molecule has 0 radical (unpaired) electrons. The minimum Gasteiger partial charge on any atom is -0.466 e. The predicted octanol–water partition coefficient (Wildman–Crippen LogP) is 2.70. The highest BCUT2D eigenvalue weighted by Gasteiger charge is 2.09. The molecule has 0 N–H and O–H groups in total. The summed E-state index contributed by atoms with van der Waals surface area (Å²) in [4.78, 5) is 11.4. The molecule has 0 aromatic heterocycles. The van der Waals surface area contributed by atoms with Gasteiger partial charge in [-0.2, -0.15) is 0 Å². The number of rotatable bonds is 5. The average Bonchev–Trinajstić information content (AvgIpc) is 2.20. The molecule has 0 amide bonds. The molecule has 0 saturated carbocycles. The molecule has 0 aliphatic heterocycles. The summed E-state index contributed by atoms with van der Waals surface area (Å²) in [5.41, 5.74) is 0.809. The van der Waals surface area contributed by atoms with Crippen molar-refractivity contribution in [2.75, 3.05) is 6.61 Å². The Bertz CT molecular complexity index is 383. The van der Waals surface area contributed by atoms with E-state index in [1.165, 1.54) is 0 Å². The van der Waals surface area contributed by atoms with E-state index in [-0.39, 0.29) is 12.4 Å². The summed E-state index contributed by atoms with van der Waals surface area (Å²) < 4.78 is 10.3. The van der Waals surface area contributed by atoms with Crippen LogP contribution in [-0.2, 0) is 16.0 Å². The van der Waals surface area contributed by atoms with Crippen molar-refractivity contribution < 1.29 is 14.3 Å². The molecule has 16 heavy (non-hydrogen) atoms. The van der Waals surface area contributed by atoms with Crippen molar-refractivity contribution in [2.24, 2.45) is 0 Å². The Morgan fingerprint density at radius 2 is 2.06 bits per heavy atom. The number of benzene rings is 1. The van der Waals surface area contributed by atoms with Gasteiger partial charge < -0.3 is 9.47 Å². The Kier molecular flexibility index (Phi) is 4.58. The van der Waals surface area contributed by atoms with Crippen LogP contribution < -0.4 is 4.74 Å². The van der Waals surface area contributed by atoms with E-state index < -0.39 is 0 Å². The van der Waals surface area contributed by atoms with Crippen LogP contribution in [0.15, 0.2) is 36.6 Å². The van der Waals surface area contributed by atoms with Gasteiger partial charge in [-0.1, -0.05) is 24.8 Å². The molecule has 0 bridgehead atoms. The normalized spacial score (nSPS) is 9.62. The van der Waals surface area contributed by atoms with Gasteiger partial charge in [-0.25, -0.2) is 0 Å². The number of allylic oxidation sites excluding steroid dienone is 1. The van der Waals surface area contributed by atoms with E-state index in [9.17, 15) is 4.79 Å². The van der Waals surface area contributed by atoms with E-state index in [4.69, 9.17) is 9.47 Å². The van der Waals surface area contributed by atoms with Crippen LogP contribution in [0.4, 0.5) is 0 Å². The summed E-state index contributed by atoms with van der Waals surface area (Å²) in [5.74, 6) is 1.000. The zero-order valence-corrected chi connectivity index (χ0v) is 9.66. The van der Waals surface area contributed by atoms with Crippen LogP contribution in [0.3, 0.4) is 0 Å². The lowest BCUT2D eigenvalue weighted by molar-refractivity contribution is -0.142. The Hall–Kier alpha value is -1.77. The number of carbonyl (C=O) groups is 1. The first-order valence-corrected chi connectivity index (χ1v) is 5.20. The quantitative estimate of drug-likeness (QED) is 0.565. The largest absolute Gasteiger partial charge is 0.466 e. The monoisotopic (exact) mass is 220 g/mol. The van der Waals surface area contributed by atoms with Crippen molar-refractivity contribution >= 4 is 5.97 Å². The molecule has 0 fully saturated rings. The molecule has 0 heterocycles. The zero-order chi connectivity index (χ0) is 12.0. The fourth-order valence-electron chi connectivity index (χ4n) is 1.30. The molecule has 1 aromatic carbocycles. The summed E-state index contributed by atoms with van der Waals surface area (Å²) in [7, 11) is 0. The zero-order valence-electron chi connectivity index (χ0n) is 9.66. The standard InChI is InChI=1S/C13H16O3/c1-4-15-13(14)9-11-7-5-6-8-12(11)16-10(2)3/h5-8H,2,4,9H2,1,3H3. The first-order chi connectivity index (χ1) is 7.63. The number of ether oxygens (including phenoxy) is 2. The average molecular weight is 220 g/mol. The number of carbonyl (C=O) groups excluding carboxylic acids is 1. The Balaban J connectivity index is 2.78. The van der Waals surface area contributed by atoms with Crippen molar-refractivity contribution in [3.05, 3.63) is 42.2 Å². The second-order valence-corrected chi connectivity index (χ2v) is 3.39. The molecule has 0 aliphatic carbocycles. The molecule has 3 heteroatoms. The molecule has 1 aromatic rings. The van der Waals surface area contributed by atoms with E-state index in [1.807, 2.05) is 24.3 Å². The van der Waals surface area contributed by atoms with Gasteiger partial charge in [-0.15, -0.1) is 0 Å². The lowest BCUT2D eigenvalue weighted by Crippen LogP contribution is -2.08. The highest BCUT2D eigenvalue weighted by molar-refractivity contribution is 5.73. The molecule has 86 valence electrons. The second kappa shape index (κ2) is 5.95. The maximum atomic E-state index is 11.4. The number of hydrogen-bond donors (Lipinski definition) is 0. The maximum absolute atomic E-state index is 11.4. The third-order valence-corrected chi connectivity index (χ3v) is 1.90. The summed E-state index contributed by atoms with van der Waals surface area (Å²) in [6, 6.07) is 7.37. The van der Waals surface area contributed by atoms with Gasteiger partial charge in [0.05, 0.1) is 18.8 Å². The Morgan fingerprint density at radius 3 is 2.69 bits per heavy atom. The van der Waals surface area contributed by atoms with Crippen LogP contribution in [-0.4, -0.2) is 12.6 Å². The van der Waals surface area contributed by atoms with Gasteiger partial charge in [0.2, 0.25) is 0 Å². The van der Waals surface area contributed by atoms with E-state index in [0.717, 1.165) is 5.56 Å². The summed E-state index contributed by atoms with van der Waals surface area (Å²) in [6.45, 7) is 7.61. The van der Waals surface area contributed by atoms with E-state index in [0.29, 0.717) is 18.1 Å². The van der Waals surface area contributed by atoms with Gasteiger partial charge in [-0.05, 0) is 19.9 Å². The topological polar surface area (TPSA) is 35.5 Å². The number of hydrogen-bond acceptors (Lipinski definition) is 3. The molecular weight excluding hydrogens is 204 g/mol. The third kappa shape index (κ3) is 3.77. The first kappa shape index (κ1) is 12.3. The van der Waals surface area contributed by atoms with Crippen LogP contribution in [0.1, 0.15) is 19.4 Å². The SMILES string of the molecule is C=C(C)Oc1ccccc1CC(=O)OCC. The van der Waals surface area contributed by atoms with Crippen LogP contribution in [0.25, 0.3) is 0 Å². The van der Waals surface area contributed by atoms with Crippen molar-refractivity contribution in [1.82, 2.24) is 0 Å². The predicted molar refractivity (Wildman–Crippen MR) is 62.2 cm³/mol. The fraction of sp³-hybridized carbons (Fsp3) is 0.308. The minimum absolute atomic E-state index is 0.220. The van der Waals surface area contributed by atoms with Crippen molar-refractivity contribution in [3.8, 4) is 5.75 Å². The van der Waals surface area contributed by atoms with Gasteiger partial charge in [0.25, 0.3) is 0 Å². The van der Waals surface area contributed by atoms with Crippen molar-refractivity contribution in [2.45, 2.75) is 20.3 Å². The molecule has 0 spiro atoms. The smallest absolute Gasteiger partial charge is 0.310 e. The molecule has 1 rings (SSSR count). The lowest BCUT2D eigenvalue weighted by Gasteiger charge is -2.10. The molecule has 0 saturated heterocycles. The van der Waals surface area contributed by atoms with E-state index in [1.54, 1.807) is 13.8 Å². The van der Waals surface area contributed by atoms with Gasteiger partial charge in [-0.3, -0.25) is 4.79 Å². The van der Waals surface area contributed by atoms with E-state index in [2.05, 4.69) is 6.58 Å². The second-order valence-electron chi connectivity index (χ2n) is 3.39. The number of esters is 1. The van der Waals surface area contributed by atoms with E-state index >= 15 is 0 Å². The summed E-state index contributed by atoms with van der Waals surface area (Å²) in [5, 5.41) is 0. The Morgan fingerprint density at radius 1 is 1.38 bits per heavy atom. The Labute approximate surface area is 95.7 Å². The molecular formula is C13H16O3. The molecule has 0 unspecified atom stereocenters. The molecule has 0 atom stereocenters. The highest BCUT2D eigenvalue weighted by atomic mass is 16.5. The highest BCUT2D eigenvalue weighted by Crippen LogP contribution is 2.20.